The van der Waals surface area contributed by atoms with Crippen LogP contribution in [0.2, 0.25) is 0 Å². The third kappa shape index (κ3) is 5.54. The Bertz CT molecular complexity index is 280. The summed E-state index contributed by atoms with van der Waals surface area (Å²) in [5.74, 6) is 1.64. The second kappa shape index (κ2) is 9.12. The van der Waals surface area contributed by atoms with E-state index in [0.29, 0.717) is 18.1 Å². The van der Waals surface area contributed by atoms with Crippen molar-refractivity contribution in [2.24, 2.45) is 11.8 Å². The van der Waals surface area contributed by atoms with Crippen molar-refractivity contribution in [3.05, 3.63) is 0 Å². The Hall–Kier alpha value is -0.120. The second-order valence-corrected chi connectivity index (χ2v) is 7.55. The van der Waals surface area contributed by atoms with Crippen LogP contribution in [-0.2, 0) is 0 Å². The summed E-state index contributed by atoms with van der Waals surface area (Å²) >= 11 is 0. The fourth-order valence-corrected chi connectivity index (χ4v) is 4.38. The number of likely N-dealkylation sites (N-methyl/N-ethyl adjacent to an activating group) is 2. The van der Waals surface area contributed by atoms with Crippen LogP contribution < -0.4 is 5.32 Å². The molecular formula is C18H39N3. The first-order valence-electron chi connectivity index (χ1n) is 9.04. The summed E-state index contributed by atoms with van der Waals surface area (Å²) in [5.41, 5.74) is 0. The molecule has 21 heavy (non-hydrogen) atoms. The smallest absolute Gasteiger partial charge is 0.0278 e. The van der Waals surface area contributed by atoms with Crippen molar-refractivity contribution >= 4 is 0 Å². The van der Waals surface area contributed by atoms with Crippen LogP contribution in [0.4, 0.5) is 0 Å². The zero-order valence-corrected chi connectivity index (χ0v) is 15.5. The summed E-state index contributed by atoms with van der Waals surface area (Å²) in [6.45, 7) is 15.3. The maximum atomic E-state index is 3.85. The number of nitrogens with one attached hydrogen (secondary N) is 1. The van der Waals surface area contributed by atoms with E-state index in [0.717, 1.165) is 31.5 Å². The first-order valence-corrected chi connectivity index (χ1v) is 9.04. The molecular weight excluding hydrogens is 258 g/mol. The van der Waals surface area contributed by atoms with Crippen LogP contribution in [0.5, 0.6) is 0 Å². The molecule has 0 saturated heterocycles. The second-order valence-electron chi connectivity index (χ2n) is 7.55. The standard InChI is InChI=1S/C18H39N3/c1-8-10-19-17-12-14(3)11-15(4)18(17)21(9-2)16(5)13-20(6)7/h14-19H,8-13H2,1-7H3. The molecule has 3 heteroatoms. The first kappa shape index (κ1) is 18.9. The van der Waals surface area contributed by atoms with Gasteiger partial charge in [-0.25, -0.2) is 0 Å². The zero-order valence-electron chi connectivity index (χ0n) is 15.5. The highest BCUT2D eigenvalue weighted by molar-refractivity contribution is 4.95. The van der Waals surface area contributed by atoms with Gasteiger partial charge in [0.15, 0.2) is 0 Å². The average Bonchev–Trinajstić information content (AvgIpc) is 2.38. The van der Waals surface area contributed by atoms with Gasteiger partial charge in [0.25, 0.3) is 0 Å². The molecule has 0 aromatic rings. The summed E-state index contributed by atoms with van der Waals surface area (Å²) in [6.07, 6.45) is 3.94. The zero-order chi connectivity index (χ0) is 16.0. The molecule has 1 aliphatic carbocycles. The third-order valence-electron chi connectivity index (χ3n) is 5.03. The van der Waals surface area contributed by atoms with Crippen LogP contribution in [0.15, 0.2) is 0 Å². The number of rotatable bonds is 8. The van der Waals surface area contributed by atoms with E-state index in [2.05, 4.69) is 63.8 Å². The summed E-state index contributed by atoms with van der Waals surface area (Å²) in [6, 6.07) is 1.97. The highest BCUT2D eigenvalue weighted by Gasteiger charge is 2.38. The molecule has 0 heterocycles. The van der Waals surface area contributed by atoms with Gasteiger partial charge in [-0.15, -0.1) is 0 Å². The lowest BCUT2D eigenvalue weighted by Crippen LogP contribution is -2.60. The Kier molecular flexibility index (Phi) is 8.22. The molecule has 0 aromatic heterocycles. The van der Waals surface area contributed by atoms with Gasteiger partial charge in [0.05, 0.1) is 0 Å². The van der Waals surface area contributed by atoms with Crippen LogP contribution >= 0.6 is 0 Å². The van der Waals surface area contributed by atoms with Gasteiger partial charge < -0.3 is 10.2 Å². The van der Waals surface area contributed by atoms with E-state index in [-0.39, 0.29) is 0 Å². The lowest BCUT2D eigenvalue weighted by molar-refractivity contribution is 0.0313. The van der Waals surface area contributed by atoms with Gasteiger partial charge in [-0.1, -0.05) is 27.7 Å². The fraction of sp³-hybridized carbons (Fsp3) is 1.00. The van der Waals surface area contributed by atoms with Crippen LogP contribution in [-0.4, -0.2) is 61.7 Å². The van der Waals surface area contributed by atoms with Gasteiger partial charge in [-0.2, -0.15) is 0 Å². The molecule has 0 spiro atoms. The van der Waals surface area contributed by atoms with Crippen molar-refractivity contribution in [3.63, 3.8) is 0 Å². The largest absolute Gasteiger partial charge is 0.312 e. The highest BCUT2D eigenvalue weighted by atomic mass is 15.2. The SMILES string of the molecule is CCCNC1CC(C)CC(C)C1N(CC)C(C)CN(C)C. The minimum Gasteiger partial charge on any atom is -0.312 e. The quantitative estimate of drug-likeness (QED) is 0.743. The molecule has 1 N–H and O–H groups in total. The molecule has 3 nitrogen and oxygen atoms in total. The van der Waals surface area contributed by atoms with Crippen LogP contribution in [0.25, 0.3) is 0 Å². The Morgan fingerprint density at radius 2 is 1.81 bits per heavy atom. The van der Waals surface area contributed by atoms with Gasteiger partial charge >= 0.3 is 0 Å². The van der Waals surface area contributed by atoms with Gasteiger partial charge in [0.2, 0.25) is 0 Å². The van der Waals surface area contributed by atoms with Crippen molar-refractivity contribution < 1.29 is 0 Å². The van der Waals surface area contributed by atoms with Crippen LogP contribution in [0.1, 0.15) is 53.9 Å². The first-order chi connectivity index (χ1) is 9.90. The van der Waals surface area contributed by atoms with Crippen molar-refractivity contribution in [1.29, 1.82) is 0 Å². The van der Waals surface area contributed by atoms with Crippen molar-refractivity contribution in [2.75, 3.05) is 33.7 Å². The summed E-state index contributed by atoms with van der Waals surface area (Å²) < 4.78 is 0. The van der Waals surface area contributed by atoms with Gasteiger partial charge in [0, 0.05) is 24.7 Å². The van der Waals surface area contributed by atoms with Crippen molar-refractivity contribution in [2.45, 2.75) is 72.0 Å². The molecule has 0 aromatic carbocycles. The molecule has 0 radical (unpaired) electrons. The summed E-state index contributed by atoms with van der Waals surface area (Å²) in [4.78, 5) is 5.07. The molecule has 5 unspecified atom stereocenters. The molecule has 0 aliphatic heterocycles. The minimum absolute atomic E-state index is 0.622. The molecule has 1 aliphatic rings. The van der Waals surface area contributed by atoms with E-state index in [1.807, 2.05) is 0 Å². The lowest BCUT2D eigenvalue weighted by Gasteiger charge is -2.48. The van der Waals surface area contributed by atoms with Gasteiger partial charge in [-0.05, 0) is 65.2 Å². The van der Waals surface area contributed by atoms with Crippen LogP contribution in [0, 0.1) is 11.8 Å². The molecule has 1 fully saturated rings. The monoisotopic (exact) mass is 297 g/mol. The van der Waals surface area contributed by atoms with E-state index in [1.165, 1.54) is 19.3 Å². The predicted octanol–water partition coefficient (Wildman–Crippen LogP) is 3.06. The van der Waals surface area contributed by atoms with E-state index >= 15 is 0 Å². The van der Waals surface area contributed by atoms with Gasteiger partial charge in [-0.3, -0.25) is 4.90 Å². The summed E-state index contributed by atoms with van der Waals surface area (Å²) in [5, 5.41) is 3.85. The third-order valence-corrected chi connectivity index (χ3v) is 5.03. The highest BCUT2D eigenvalue weighted by Crippen LogP contribution is 2.33. The number of nitrogens with zero attached hydrogens (tertiary/aromatic N) is 2. The maximum Gasteiger partial charge on any atom is 0.0278 e. The molecule has 1 rings (SSSR count). The van der Waals surface area contributed by atoms with Crippen LogP contribution in [0.3, 0.4) is 0 Å². The number of hydrogen-bond acceptors (Lipinski definition) is 3. The topological polar surface area (TPSA) is 18.5 Å². The molecule has 1 saturated carbocycles. The van der Waals surface area contributed by atoms with Crippen molar-refractivity contribution in [3.8, 4) is 0 Å². The van der Waals surface area contributed by atoms with E-state index in [9.17, 15) is 0 Å². The van der Waals surface area contributed by atoms with E-state index in [4.69, 9.17) is 0 Å². The Balaban J connectivity index is 2.83. The Labute approximate surface area is 133 Å². The maximum absolute atomic E-state index is 3.85. The van der Waals surface area contributed by atoms with Crippen molar-refractivity contribution in [1.82, 2.24) is 15.1 Å². The van der Waals surface area contributed by atoms with E-state index in [1.54, 1.807) is 0 Å². The lowest BCUT2D eigenvalue weighted by atomic mass is 9.75. The van der Waals surface area contributed by atoms with Gasteiger partial charge in [0.1, 0.15) is 0 Å². The Morgan fingerprint density at radius 3 is 2.33 bits per heavy atom. The molecule has 126 valence electrons. The fourth-order valence-electron chi connectivity index (χ4n) is 4.38. The number of hydrogen-bond donors (Lipinski definition) is 1. The van der Waals surface area contributed by atoms with E-state index < -0.39 is 0 Å². The normalized spacial score (nSPS) is 31.9. The average molecular weight is 298 g/mol. The summed E-state index contributed by atoms with van der Waals surface area (Å²) in [7, 11) is 4.37. The Morgan fingerprint density at radius 1 is 1.14 bits per heavy atom. The minimum atomic E-state index is 0.622. The molecule has 0 amide bonds. The predicted molar refractivity (Wildman–Crippen MR) is 93.8 cm³/mol. The molecule has 0 bridgehead atoms. The molecule has 5 atom stereocenters.